The number of benzene rings is 1. The van der Waals surface area contributed by atoms with Gasteiger partial charge in [0.15, 0.2) is 0 Å². The van der Waals surface area contributed by atoms with Crippen LogP contribution in [0.5, 0.6) is 5.75 Å². The molecule has 28 heavy (non-hydrogen) atoms. The molecule has 0 aliphatic rings. The average Bonchev–Trinajstić information content (AvgIpc) is 3.23. The van der Waals surface area contributed by atoms with Crippen molar-refractivity contribution in [3.05, 3.63) is 56.9 Å². The summed E-state index contributed by atoms with van der Waals surface area (Å²) in [5.41, 5.74) is 1.00. The van der Waals surface area contributed by atoms with Crippen LogP contribution in [0.15, 0.2) is 30.6 Å². The number of hydrogen-bond donors (Lipinski definition) is 1. The van der Waals surface area contributed by atoms with E-state index >= 15 is 0 Å². The first-order valence-electron chi connectivity index (χ1n) is 8.51. The quantitative estimate of drug-likeness (QED) is 0.454. The van der Waals surface area contributed by atoms with E-state index in [1.54, 1.807) is 24.6 Å². The van der Waals surface area contributed by atoms with Crippen LogP contribution in [0.25, 0.3) is 16.2 Å². The Morgan fingerprint density at radius 3 is 2.71 bits per heavy atom. The molecule has 4 rings (SSSR count). The Balaban J connectivity index is 1.74. The van der Waals surface area contributed by atoms with E-state index in [0.29, 0.717) is 34.1 Å². The predicted molar refractivity (Wildman–Crippen MR) is 114 cm³/mol. The minimum Gasteiger partial charge on any atom is -0.495 e. The maximum absolute atomic E-state index is 6.54. The number of fused-ring (bicyclic) bond motifs is 1. The third kappa shape index (κ3) is 3.41. The second-order valence-electron chi connectivity index (χ2n) is 6.19. The number of halogens is 2. The van der Waals surface area contributed by atoms with Gasteiger partial charge in [0, 0.05) is 23.8 Å². The Labute approximate surface area is 176 Å². The zero-order valence-electron chi connectivity index (χ0n) is 15.5. The van der Waals surface area contributed by atoms with Gasteiger partial charge >= 0.3 is 0 Å². The van der Waals surface area contributed by atoms with E-state index in [0.717, 1.165) is 26.5 Å². The molecule has 0 fully saturated rings. The number of ether oxygens (including phenoxy) is 1. The molecule has 0 spiro atoms. The number of hydrogen-bond acceptors (Lipinski definition) is 6. The second-order valence-corrected chi connectivity index (χ2v) is 8.18. The Bertz CT molecular complexity index is 1170. The third-order valence-electron chi connectivity index (χ3n) is 4.36. The van der Waals surface area contributed by atoms with Crippen molar-refractivity contribution < 1.29 is 4.74 Å². The van der Waals surface area contributed by atoms with E-state index in [1.165, 1.54) is 0 Å². The van der Waals surface area contributed by atoms with Crippen molar-refractivity contribution in [2.75, 3.05) is 12.4 Å². The van der Waals surface area contributed by atoms with Gasteiger partial charge < -0.3 is 10.1 Å². The molecule has 0 bridgehead atoms. The zero-order chi connectivity index (χ0) is 19.8. The first kappa shape index (κ1) is 19.0. The molecule has 0 saturated carbocycles. The highest BCUT2D eigenvalue weighted by Gasteiger charge is 2.17. The summed E-state index contributed by atoms with van der Waals surface area (Å²) >= 11 is 14.3. The molecule has 0 saturated heterocycles. The van der Waals surface area contributed by atoms with Crippen molar-refractivity contribution in [1.82, 2.24) is 19.5 Å². The fraction of sp³-hybridized carbons (Fsp3) is 0.211. The van der Waals surface area contributed by atoms with Crippen LogP contribution in [0.4, 0.5) is 5.82 Å². The number of nitrogens with zero attached hydrogens (tertiary/aromatic N) is 4. The minimum absolute atomic E-state index is 0.531. The molecule has 9 heteroatoms. The number of nitrogens with one attached hydrogen (secondary N) is 1. The molecule has 0 amide bonds. The Hall–Kier alpha value is -2.35. The molecule has 0 aliphatic heterocycles. The lowest BCUT2D eigenvalue weighted by Crippen LogP contribution is -2.07. The highest BCUT2D eigenvalue weighted by molar-refractivity contribution is 7.19. The molecule has 0 aliphatic carbocycles. The van der Waals surface area contributed by atoms with Gasteiger partial charge in [-0.2, -0.15) is 4.98 Å². The summed E-state index contributed by atoms with van der Waals surface area (Å²) in [7, 11) is 1.59. The van der Waals surface area contributed by atoms with E-state index in [2.05, 4.69) is 15.3 Å². The monoisotopic (exact) mass is 433 g/mol. The minimum atomic E-state index is 0.531. The summed E-state index contributed by atoms with van der Waals surface area (Å²) in [6.45, 7) is 4.42. The summed E-state index contributed by atoms with van der Waals surface area (Å²) in [4.78, 5) is 15.5. The molecular formula is C19H17Cl2N5OS. The Morgan fingerprint density at radius 2 is 2.04 bits per heavy atom. The van der Waals surface area contributed by atoms with Crippen LogP contribution < -0.4 is 10.1 Å². The summed E-state index contributed by atoms with van der Waals surface area (Å²) in [6.07, 6.45) is 3.56. The van der Waals surface area contributed by atoms with Crippen molar-refractivity contribution >= 4 is 50.6 Å². The van der Waals surface area contributed by atoms with Gasteiger partial charge in [-0.25, -0.2) is 9.97 Å². The molecule has 144 valence electrons. The normalized spacial score (nSPS) is 11.2. The van der Waals surface area contributed by atoms with E-state index < -0.39 is 0 Å². The average molecular weight is 434 g/mol. The van der Waals surface area contributed by atoms with E-state index in [-0.39, 0.29) is 0 Å². The zero-order valence-corrected chi connectivity index (χ0v) is 17.8. The lowest BCUT2D eigenvalue weighted by molar-refractivity contribution is 0.415. The van der Waals surface area contributed by atoms with E-state index in [9.17, 15) is 0 Å². The predicted octanol–water partition coefficient (Wildman–Crippen LogP) is 5.42. The lowest BCUT2D eigenvalue weighted by Gasteiger charge is -2.11. The fourth-order valence-electron chi connectivity index (χ4n) is 2.90. The SMILES string of the molecule is COc1ccc(CNc2nc(-n3ccnc3C)nc3sc(C)c(Cl)c23)cc1Cl. The van der Waals surface area contributed by atoms with Gasteiger partial charge in [-0.15, -0.1) is 11.3 Å². The highest BCUT2D eigenvalue weighted by atomic mass is 35.5. The van der Waals surface area contributed by atoms with Crippen molar-refractivity contribution in [2.24, 2.45) is 0 Å². The largest absolute Gasteiger partial charge is 0.495 e. The van der Waals surface area contributed by atoms with Crippen LogP contribution in [0.2, 0.25) is 10.0 Å². The summed E-state index contributed by atoms with van der Waals surface area (Å²) in [5.74, 6) is 2.68. The Kier molecular flexibility index (Phi) is 5.14. The van der Waals surface area contributed by atoms with Crippen LogP contribution in [0.3, 0.4) is 0 Å². The smallest absolute Gasteiger partial charge is 0.238 e. The molecular weight excluding hydrogens is 417 g/mol. The molecule has 1 N–H and O–H groups in total. The molecule has 0 atom stereocenters. The van der Waals surface area contributed by atoms with Crippen LogP contribution >= 0.6 is 34.5 Å². The number of thiophene rings is 1. The van der Waals surface area contributed by atoms with Gasteiger partial charge in [-0.1, -0.05) is 29.3 Å². The number of aryl methyl sites for hydroxylation is 2. The van der Waals surface area contributed by atoms with Crippen molar-refractivity contribution in [3.63, 3.8) is 0 Å². The number of imidazole rings is 1. The molecule has 3 heterocycles. The van der Waals surface area contributed by atoms with E-state index in [4.69, 9.17) is 32.9 Å². The van der Waals surface area contributed by atoms with Gasteiger partial charge in [-0.05, 0) is 31.5 Å². The van der Waals surface area contributed by atoms with Crippen LogP contribution in [-0.4, -0.2) is 26.6 Å². The summed E-state index contributed by atoms with van der Waals surface area (Å²) in [5, 5.41) is 5.44. The second kappa shape index (κ2) is 7.58. The van der Waals surface area contributed by atoms with Gasteiger partial charge in [-0.3, -0.25) is 4.57 Å². The standard InChI is InChI=1S/C19H17Cl2N5OS/c1-10-16(21)15-17(23-9-12-4-5-14(27-3)13(20)8-12)24-19(25-18(15)28-10)26-7-6-22-11(26)2/h4-8H,9H2,1-3H3,(H,23,24,25). The van der Waals surface area contributed by atoms with Crippen LogP contribution in [-0.2, 0) is 6.54 Å². The Morgan fingerprint density at radius 1 is 1.21 bits per heavy atom. The topological polar surface area (TPSA) is 64.9 Å². The van der Waals surface area contributed by atoms with Gasteiger partial charge in [0.05, 0.1) is 22.5 Å². The number of anilines is 1. The van der Waals surface area contributed by atoms with Crippen molar-refractivity contribution in [1.29, 1.82) is 0 Å². The van der Waals surface area contributed by atoms with Gasteiger partial charge in [0.1, 0.15) is 22.2 Å². The highest BCUT2D eigenvalue weighted by Crippen LogP contribution is 2.38. The fourth-order valence-corrected chi connectivity index (χ4v) is 4.44. The third-order valence-corrected chi connectivity index (χ3v) is 6.24. The molecule has 6 nitrogen and oxygen atoms in total. The first-order chi connectivity index (χ1) is 13.5. The lowest BCUT2D eigenvalue weighted by atomic mass is 10.2. The first-order valence-corrected chi connectivity index (χ1v) is 10.1. The molecule has 0 radical (unpaired) electrons. The maximum Gasteiger partial charge on any atom is 0.238 e. The molecule has 4 aromatic rings. The van der Waals surface area contributed by atoms with E-state index in [1.807, 2.05) is 42.8 Å². The van der Waals surface area contributed by atoms with Crippen LogP contribution in [0, 0.1) is 13.8 Å². The molecule has 3 aromatic heterocycles. The molecule has 0 unspecified atom stereocenters. The van der Waals surface area contributed by atoms with Crippen molar-refractivity contribution in [3.8, 4) is 11.7 Å². The summed E-state index contributed by atoms with van der Waals surface area (Å²) in [6, 6.07) is 5.67. The number of methoxy groups -OCH3 is 1. The maximum atomic E-state index is 6.54. The summed E-state index contributed by atoms with van der Waals surface area (Å²) < 4.78 is 7.05. The van der Waals surface area contributed by atoms with Gasteiger partial charge in [0.2, 0.25) is 5.95 Å². The number of aromatic nitrogens is 4. The number of rotatable bonds is 5. The molecule has 1 aromatic carbocycles. The van der Waals surface area contributed by atoms with Crippen LogP contribution in [0.1, 0.15) is 16.3 Å². The van der Waals surface area contributed by atoms with Crippen molar-refractivity contribution in [2.45, 2.75) is 20.4 Å². The van der Waals surface area contributed by atoms with Gasteiger partial charge in [0.25, 0.3) is 0 Å².